The van der Waals surface area contributed by atoms with Crippen LogP contribution in [-0.2, 0) is 4.79 Å². The van der Waals surface area contributed by atoms with Crippen LogP contribution in [0.5, 0.6) is 0 Å². The average Bonchev–Trinajstić information content (AvgIpc) is 1.96. The van der Waals surface area contributed by atoms with E-state index >= 15 is 0 Å². The number of aliphatic carboxylic acids is 1. The lowest BCUT2D eigenvalue weighted by atomic mass is 9.87. The van der Waals surface area contributed by atoms with Crippen molar-refractivity contribution in [1.29, 1.82) is 0 Å². The molecule has 1 aliphatic rings. The first-order valence-electron chi connectivity index (χ1n) is 3.66. The molecule has 0 aromatic rings. The molecule has 1 saturated carbocycles. The lowest BCUT2D eigenvalue weighted by Gasteiger charge is -2.32. The van der Waals surface area contributed by atoms with Gasteiger partial charge < -0.3 is 5.11 Å². The zero-order valence-electron chi connectivity index (χ0n) is 6.32. The molecule has 1 aliphatic carbocycles. The molecule has 0 spiro atoms. The van der Waals surface area contributed by atoms with E-state index in [1.807, 2.05) is 0 Å². The van der Waals surface area contributed by atoms with E-state index in [2.05, 4.69) is 0 Å². The van der Waals surface area contributed by atoms with Crippen LogP contribution in [0.2, 0.25) is 0 Å². The molecular formula is C7H9F2IO2. The van der Waals surface area contributed by atoms with Gasteiger partial charge in [-0.05, 0) is 12.8 Å². The van der Waals surface area contributed by atoms with Gasteiger partial charge in [0, 0.05) is 12.8 Å². The molecule has 2 nitrogen and oxygen atoms in total. The Hall–Kier alpha value is 0.0600. The molecule has 1 rings (SSSR count). The van der Waals surface area contributed by atoms with Gasteiger partial charge in [0.2, 0.25) is 5.92 Å². The smallest absolute Gasteiger partial charge is 0.319 e. The zero-order valence-corrected chi connectivity index (χ0v) is 8.48. The summed E-state index contributed by atoms with van der Waals surface area (Å²) in [6.07, 6.45) is -0.476. The van der Waals surface area contributed by atoms with E-state index in [4.69, 9.17) is 5.11 Å². The van der Waals surface area contributed by atoms with Crippen molar-refractivity contribution in [2.45, 2.75) is 35.0 Å². The molecule has 12 heavy (non-hydrogen) atoms. The molecular weight excluding hydrogens is 281 g/mol. The Labute approximate surface area is 82.5 Å². The van der Waals surface area contributed by atoms with Crippen LogP contribution < -0.4 is 0 Å². The second kappa shape index (κ2) is 3.08. The molecule has 0 aromatic heterocycles. The highest BCUT2D eigenvalue weighted by atomic mass is 127. The largest absolute Gasteiger partial charge is 0.480 e. The number of carbonyl (C=O) groups is 1. The zero-order chi connectivity index (χ0) is 9.41. The number of hydrogen-bond acceptors (Lipinski definition) is 1. The second-order valence-corrected chi connectivity index (χ2v) is 5.19. The van der Waals surface area contributed by atoms with Gasteiger partial charge in [0.1, 0.15) is 3.42 Å². The van der Waals surface area contributed by atoms with Crippen molar-refractivity contribution >= 4 is 28.6 Å². The van der Waals surface area contributed by atoms with Gasteiger partial charge in [-0.15, -0.1) is 0 Å². The first kappa shape index (κ1) is 10.1. The predicted molar refractivity (Wildman–Crippen MR) is 47.8 cm³/mol. The second-order valence-electron chi connectivity index (χ2n) is 3.13. The summed E-state index contributed by atoms with van der Waals surface area (Å²) in [5.74, 6) is -3.62. The van der Waals surface area contributed by atoms with Crippen molar-refractivity contribution < 1.29 is 18.7 Å². The van der Waals surface area contributed by atoms with E-state index in [0.29, 0.717) is 0 Å². The minimum Gasteiger partial charge on any atom is -0.480 e. The molecule has 0 aromatic carbocycles. The summed E-state index contributed by atoms with van der Waals surface area (Å²) in [5.41, 5.74) is 0. The molecule has 0 bridgehead atoms. The van der Waals surface area contributed by atoms with Gasteiger partial charge in [-0.2, -0.15) is 0 Å². The van der Waals surface area contributed by atoms with E-state index in [1.165, 1.54) is 0 Å². The Morgan fingerprint density at radius 2 is 1.67 bits per heavy atom. The van der Waals surface area contributed by atoms with Crippen LogP contribution in [0.3, 0.4) is 0 Å². The number of alkyl halides is 3. The number of rotatable bonds is 1. The maximum atomic E-state index is 12.6. The first-order chi connectivity index (χ1) is 5.36. The summed E-state index contributed by atoms with van der Waals surface area (Å²) in [6, 6.07) is 0. The minimum absolute atomic E-state index is 0.0654. The van der Waals surface area contributed by atoms with Gasteiger partial charge >= 0.3 is 5.97 Å². The quantitative estimate of drug-likeness (QED) is 0.595. The van der Waals surface area contributed by atoms with Gasteiger partial charge in [-0.3, -0.25) is 4.79 Å². The Morgan fingerprint density at radius 1 is 1.25 bits per heavy atom. The van der Waals surface area contributed by atoms with Gasteiger partial charge in [0.15, 0.2) is 0 Å². The fourth-order valence-corrected chi connectivity index (χ4v) is 1.77. The lowest BCUT2D eigenvalue weighted by Crippen LogP contribution is -2.39. The van der Waals surface area contributed by atoms with Gasteiger partial charge in [-0.25, -0.2) is 8.78 Å². The van der Waals surface area contributed by atoms with E-state index in [-0.39, 0.29) is 25.7 Å². The van der Waals surface area contributed by atoms with Gasteiger partial charge in [-0.1, -0.05) is 22.6 Å². The summed E-state index contributed by atoms with van der Waals surface area (Å²) in [5, 5.41) is 8.72. The lowest BCUT2D eigenvalue weighted by molar-refractivity contribution is -0.142. The summed E-state index contributed by atoms with van der Waals surface area (Å²) in [7, 11) is 0. The third kappa shape index (κ3) is 2.05. The summed E-state index contributed by atoms with van der Waals surface area (Å²) in [6.45, 7) is 0. The van der Waals surface area contributed by atoms with Gasteiger partial charge in [0.25, 0.3) is 0 Å². The summed E-state index contributed by atoms with van der Waals surface area (Å²) >= 11 is 1.76. The highest BCUT2D eigenvalue weighted by molar-refractivity contribution is 14.1. The molecule has 0 amide bonds. The fourth-order valence-electron chi connectivity index (χ4n) is 1.23. The third-order valence-corrected chi connectivity index (χ3v) is 3.70. The molecule has 0 aliphatic heterocycles. The van der Waals surface area contributed by atoms with Crippen LogP contribution >= 0.6 is 22.6 Å². The van der Waals surface area contributed by atoms with Crippen molar-refractivity contribution in [3.05, 3.63) is 0 Å². The first-order valence-corrected chi connectivity index (χ1v) is 4.74. The summed E-state index contributed by atoms with van der Waals surface area (Å²) < 4.78 is 24.3. The third-order valence-electron chi connectivity index (χ3n) is 2.16. The molecule has 0 heterocycles. The molecule has 70 valence electrons. The van der Waals surface area contributed by atoms with Gasteiger partial charge in [0.05, 0.1) is 0 Å². The molecule has 1 fully saturated rings. The number of carboxylic acids is 1. The number of carboxylic acid groups (broad SMARTS) is 1. The van der Waals surface area contributed by atoms with Crippen molar-refractivity contribution in [3.8, 4) is 0 Å². The van der Waals surface area contributed by atoms with E-state index in [0.717, 1.165) is 0 Å². The minimum atomic E-state index is -2.65. The maximum absolute atomic E-state index is 12.6. The van der Waals surface area contributed by atoms with Crippen molar-refractivity contribution in [3.63, 3.8) is 0 Å². The molecule has 5 heteroatoms. The normalized spacial score (nSPS) is 26.6. The molecule has 0 saturated heterocycles. The van der Waals surface area contributed by atoms with Crippen LogP contribution in [0.25, 0.3) is 0 Å². The van der Waals surface area contributed by atoms with E-state index in [9.17, 15) is 13.6 Å². The molecule has 1 N–H and O–H groups in total. The van der Waals surface area contributed by atoms with Crippen molar-refractivity contribution in [2.24, 2.45) is 0 Å². The molecule has 0 radical (unpaired) electrons. The predicted octanol–water partition coefficient (Wildman–Crippen LogP) is 2.45. The SMILES string of the molecule is O=C(O)C1(I)CCC(F)(F)CC1. The number of hydrogen-bond donors (Lipinski definition) is 1. The molecule has 0 atom stereocenters. The van der Waals surface area contributed by atoms with Crippen molar-refractivity contribution in [1.82, 2.24) is 0 Å². The van der Waals surface area contributed by atoms with Crippen LogP contribution in [0.4, 0.5) is 8.78 Å². The van der Waals surface area contributed by atoms with Crippen LogP contribution in [0, 0.1) is 0 Å². The highest BCUT2D eigenvalue weighted by Crippen LogP contribution is 2.43. The summed E-state index contributed by atoms with van der Waals surface area (Å²) in [4.78, 5) is 10.6. The highest BCUT2D eigenvalue weighted by Gasteiger charge is 2.46. The van der Waals surface area contributed by atoms with Crippen LogP contribution in [-0.4, -0.2) is 20.4 Å². The van der Waals surface area contributed by atoms with E-state index < -0.39 is 15.3 Å². The Morgan fingerprint density at radius 3 is 2.00 bits per heavy atom. The Balaban J connectivity index is 2.62. The Kier molecular flexibility index (Phi) is 2.60. The number of halogens is 3. The van der Waals surface area contributed by atoms with Crippen molar-refractivity contribution in [2.75, 3.05) is 0 Å². The fraction of sp³-hybridized carbons (Fsp3) is 0.857. The van der Waals surface area contributed by atoms with Crippen LogP contribution in [0.15, 0.2) is 0 Å². The van der Waals surface area contributed by atoms with Crippen LogP contribution in [0.1, 0.15) is 25.7 Å². The maximum Gasteiger partial charge on any atom is 0.319 e. The standard InChI is InChI=1S/C7H9F2IO2/c8-7(9)3-1-6(10,2-4-7)5(11)12/h1-4H2,(H,11,12). The monoisotopic (exact) mass is 290 g/mol. The van der Waals surface area contributed by atoms with E-state index in [1.54, 1.807) is 22.6 Å². The Bertz CT molecular complexity index is 196. The molecule has 0 unspecified atom stereocenters. The topological polar surface area (TPSA) is 37.3 Å². The average molecular weight is 290 g/mol.